The van der Waals surface area contributed by atoms with E-state index < -0.39 is 0 Å². The maximum Gasteiger partial charge on any atom is 0.289 e. The minimum atomic E-state index is -0.245. The average Bonchev–Trinajstić information content (AvgIpc) is 2.39. The van der Waals surface area contributed by atoms with Gasteiger partial charge in [-0.25, -0.2) is 0 Å². The SMILES string of the molecule is Cc1ccc(CNC(=O)C2=COCCO2)cc1. The molecule has 0 saturated heterocycles. The van der Waals surface area contributed by atoms with Gasteiger partial charge in [-0.2, -0.15) is 0 Å². The second-order valence-electron chi connectivity index (χ2n) is 3.87. The van der Waals surface area contributed by atoms with Gasteiger partial charge in [-0.1, -0.05) is 29.8 Å². The van der Waals surface area contributed by atoms with E-state index in [-0.39, 0.29) is 11.7 Å². The predicted octanol–water partition coefficient (Wildman–Crippen LogP) is 1.50. The van der Waals surface area contributed by atoms with Crippen LogP contribution >= 0.6 is 0 Å². The van der Waals surface area contributed by atoms with Crippen LogP contribution in [0.4, 0.5) is 0 Å². The molecule has 17 heavy (non-hydrogen) atoms. The van der Waals surface area contributed by atoms with Gasteiger partial charge in [0.05, 0.1) is 0 Å². The number of carbonyl (C=O) groups excluding carboxylic acids is 1. The molecule has 0 bridgehead atoms. The van der Waals surface area contributed by atoms with Crippen molar-refractivity contribution in [2.75, 3.05) is 13.2 Å². The van der Waals surface area contributed by atoms with Crippen LogP contribution < -0.4 is 5.32 Å². The molecule has 1 aromatic carbocycles. The molecule has 0 unspecified atom stereocenters. The molecule has 0 aromatic heterocycles. The van der Waals surface area contributed by atoms with Crippen LogP contribution in [0.2, 0.25) is 0 Å². The summed E-state index contributed by atoms with van der Waals surface area (Å²) in [4.78, 5) is 11.7. The summed E-state index contributed by atoms with van der Waals surface area (Å²) in [6.07, 6.45) is 1.36. The number of amides is 1. The van der Waals surface area contributed by atoms with Gasteiger partial charge in [-0.15, -0.1) is 0 Å². The molecule has 90 valence electrons. The summed E-state index contributed by atoms with van der Waals surface area (Å²) < 4.78 is 10.2. The van der Waals surface area contributed by atoms with E-state index in [0.717, 1.165) is 5.56 Å². The minimum absolute atomic E-state index is 0.239. The Morgan fingerprint density at radius 2 is 2.06 bits per heavy atom. The lowest BCUT2D eigenvalue weighted by Gasteiger charge is -2.15. The first kappa shape index (κ1) is 11.5. The Bertz CT molecular complexity index is 423. The lowest BCUT2D eigenvalue weighted by Crippen LogP contribution is -2.27. The van der Waals surface area contributed by atoms with E-state index in [4.69, 9.17) is 9.47 Å². The number of nitrogens with one attached hydrogen (secondary N) is 1. The smallest absolute Gasteiger partial charge is 0.289 e. The fraction of sp³-hybridized carbons (Fsp3) is 0.308. The molecule has 1 aliphatic heterocycles. The highest BCUT2D eigenvalue weighted by Crippen LogP contribution is 2.06. The average molecular weight is 233 g/mol. The normalized spacial score (nSPS) is 14.3. The number of hydrogen-bond acceptors (Lipinski definition) is 3. The Morgan fingerprint density at radius 1 is 1.29 bits per heavy atom. The van der Waals surface area contributed by atoms with Crippen molar-refractivity contribution in [2.45, 2.75) is 13.5 Å². The van der Waals surface area contributed by atoms with Crippen molar-refractivity contribution >= 4 is 5.91 Å². The van der Waals surface area contributed by atoms with Gasteiger partial charge in [0.25, 0.3) is 5.91 Å². The molecule has 0 saturated carbocycles. The first-order chi connectivity index (χ1) is 8.25. The van der Waals surface area contributed by atoms with Gasteiger partial charge in [-0.3, -0.25) is 4.79 Å². The van der Waals surface area contributed by atoms with Crippen molar-refractivity contribution in [1.82, 2.24) is 5.32 Å². The fourth-order valence-electron chi connectivity index (χ4n) is 1.46. The molecule has 2 rings (SSSR count). The monoisotopic (exact) mass is 233 g/mol. The van der Waals surface area contributed by atoms with Crippen molar-refractivity contribution in [3.63, 3.8) is 0 Å². The van der Waals surface area contributed by atoms with E-state index in [1.54, 1.807) is 0 Å². The number of aryl methyl sites for hydroxylation is 1. The van der Waals surface area contributed by atoms with Crippen LogP contribution in [0.5, 0.6) is 0 Å². The third kappa shape index (κ3) is 3.24. The summed E-state index contributed by atoms with van der Waals surface area (Å²) in [7, 11) is 0. The van der Waals surface area contributed by atoms with Crippen molar-refractivity contribution in [1.29, 1.82) is 0 Å². The highest BCUT2D eigenvalue weighted by Gasteiger charge is 2.14. The lowest BCUT2D eigenvalue weighted by molar-refractivity contribution is -0.122. The van der Waals surface area contributed by atoms with Crippen molar-refractivity contribution in [3.05, 3.63) is 47.4 Å². The summed E-state index contributed by atoms with van der Waals surface area (Å²) in [5.41, 5.74) is 2.26. The van der Waals surface area contributed by atoms with Gasteiger partial charge in [-0.05, 0) is 12.5 Å². The van der Waals surface area contributed by atoms with Gasteiger partial charge in [0.2, 0.25) is 5.76 Å². The third-order valence-electron chi connectivity index (χ3n) is 2.45. The highest BCUT2D eigenvalue weighted by atomic mass is 16.6. The zero-order valence-electron chi connectivity index (χ0n) is 9.73. The molecule has 0 fully saturated rings. The minimum Gasteiger partial charge on any atom is -0.494 e. The van der Waals surface area contributed by atoms with Crippen LogP contribution in [0.15, 0.2) is 36.3 Å². The van der Waals surface area contributed by atoms with E-state index in [9.17, 15) is 4.79 Å². The number of carbonyl (C=O) groups is 1. The van der Waals surface area contributed by atoms with Crippen molar-refractivity contribution in [2.24, 2.45) is 0 Å². The van der Waals surface area contributed by atoms with Gasteiger partial charge in [0.15, 0.2) is 0 Å². The molecule has 0 atom stereocenters. The fourth-order valence-corrected chi connectivity index (χ4v) is 1.46. The maximum atomic E-state index is 11.7. The van der Waals surface area contributed by atoms with E-state index >= 15 is 0 Å². The molecule has 1 aromatic rings. The van der Waals surface area contributed by atoms with Gasteiger partial charge in [0.1, 0.15) is 19.5 Å². The summed E-state index contributed by atoms with van der Waals surface area (Å²) in [6.45, 7) is 3.43. The number of ether oxygens (including phenoxy) is 2. The molecule has 1 aliphatic rings. The molecule has 0 aliphatic carbocycles. The van der Waals surface area contributed by atoms with Gasteiger partial charge in [0, 0.05) is 6.54 Å². The summed E-state index contributed by atoms with van der Waals surface area (Å²) >= 11 is 0. The Labute approximate surface area is 100 Å². The molecular formula is C13H15NO3. The summed E-state index contributed by atoms with van der Waals surface area (Å²) in [6, 6.07) is 8.01. The quantitative estimate of drug-likeness (QED) is 0.860. The predicted molar refractivity (Wildman–Crippen MR) is 63.0 cm³/mol. The summed E-state index contributed by atoms with van der Waals surface area (Å²) in [5.74, 6) is -0.00589. The Morgan fingerprint density at radius 3 is 2.71 bits per heavy atom. The molecule has 1 heterocycles. The highest BCUT2D eigenvalue weighted by molar-refractivity contribution is 5.91. The second-order valence-corrected chi connectivity index (χ2v) is 3.87. The zero-order valence-corrected chi connectivity index (χ0v) is 9.73. The largest absolute Gasteiger partial charge is 0.494 e. The molecular weight excluding hydrogens is 218 g/mol. The second kappa shape index (κ2) is 5.39. The van der Waals surface area contributed by atoms with Gasteiger partial charge >= 0.3 is 0 Å². The van der Waals surface area contributed by atoms with E-state index in [1.165, 1.54) is 11.8 Å². The van der Waals surface area contributed by atoms with Crippen LogP contribution in [-0.4, -0.2) is 19.1 Å². The Balaban J connectivity index is 1.87. The standard InChI is InChI=1S/C13H15NO3/c1-10-2-4-11(5-3-10)8-14-13(15)12-9-16-6-7-17-12/h2-5,9H,6-8H2,1H3,(H,14,15). The number of benzene rings is 1. The lowest BCUT2D eigenvalue weighted by atomic mass is 10.1. The molecule has 0 radical (unpaired) electrons. The molecule has 0 spiro atoms. The zero-order chi connectivity index (χ0) is 12.1. The molecule has 4 nitrogen and oxygen atoms in total. The first-order valence-electron chi connectivity index (χ1n) is 5.54. The van der Waals surface area contributed by atoms with E-state index in [2.05, 4.69) is 5.32 Å². The molecule has 1 amide bonds. The summed E-state index contributed by atoms with van der Waals surface area (Å²) in [5, 5.41) is 2.78. The van der Waals surface area contributed by atoms with Crippen molar-refractivity contribution < 1.29 is 14.3 Å². The van der Waals surface area contributed by atoms with E-state index in [0.29, 0.717) is 19.8 Å². The van der Waals surface area contributed by atoms with E-state index in [1.807, 2.05) is 31.2 Å². The van der Waals surface area contributed by atoms with Crippen LogP contribution in [0, 0.1) is 6.92 Å². The van der Waals surface area contributed by atoms with Crippen molar-refractivity contribution in [3.8, 4) is 0 Å². The Kier molecular flexibility index (Phi) is 3.65. The number of hydrogen-bond donors (Lipinski definition) is 1. The van der Waals surface area contributed by atoms with Crippen LogP contribution in [-0.2, 0) is 20.8 Å². The third-order valence-corrected chi connectivity index (χ3v) is 2.45. The number of rotatable bonds is 3. The van der Waals surface area contributed by atoms with Crippen LogP contribution in [0.3, 0.4) is 0 Å². The topological polar surface area (TPSA) is 47.6 Å². The maximum absolute atomic E-state index is 11.7. The first-order valence-corrected chi connectivity index (χ1v) is 5.54. The molecule has 4 heteroatoms. The molecule has 1 N–H and O–H groups in total. The van der Waals surface area contributed by atoms with Crippen LogP contribution in [0.25, 0.3) is 0 Å². The van der Waals surface area contributed by atoms with Gasteiger partial charge < -0.3 is 14.8 Å². The Hall–Kier alpha value is -1.97. The van der Waals surface area contributed by atoms with Crippen LogP contribution in [0.1, 0.15) is 11.1 Å².